The molecule has 0 atom stereocenters. The van der Waals surface area contributed by atoms with Gasteiger partial charge in [-0.2, -0.15) is 0 Å². The molecular formula is C14H22N2O. The molecule has 0 aromatic heterocycles. The maximum absolute atomic E-state index is 11.0. The topological polar surface area (TPSA) is 46.3 Å². The van der Waals surface area contributed by atoms with Crippen molar-refractivity contribution in [3.05, 3.63) is 34.9 Å². The minimum atomic E-state index is -0.399. The van der Waals surface area contributed by atoms with E-state index in [1.165, 1.54) is 16.0 Å². The first-order valence-corrected chi connectivity index (χ1v) is 5.82. The van der Waals surface area contributed by atoms with E-state index in [-0.39, 0.29) is 5.41 Å². The van der Waals surface area contributed by atoms with Gasteiger partial charge in [0.25, 0.3) is 0 Å². The summed E-state index contributed by atoms with van der Waals surface area (Å²) in [5, 5.41) is 0. The Morgan fingerprint density at radius 2 is 1.94 bits per heavy atom. The lowest BCUT2D eigenvalue weighted by molar-refractivity contribution is 0.216. The number of hydrogen-bond donors (Lipinski definition) is 1. The number of benzene rings is 1. The van der Waals surface area contributed by atoms with E-state index in [1.807, 2.05) is 0 Å². The summed E-state index contributed by atoms with van der Waals surface area (Å²) in [6.45, 7) is 9.20. The average Bonchev–Trinajstić information content (AvgIpc) is 2.19. The molecule has 17 heavy (non-hydrogen) atoms. The third-order valence-electron chi connectivity index (χ3n) is 2.99. The first kappa shape index (κ1) is 13.6. The van der Waals surface area contributed by atoms with Crippen LogP contribution in [-0.2, 0) is 12.0 Å². The number of amides is 2. The number of carbonyl (C=O) groups is 1. The van der Waals surface area contributed by atoms with Gasteiger partial charge in [-0.25, -0.2) is 4.79 Å². The molecule has 1 rings (SSSR count). The number of hydrogen-bond acceptors (Lipinski definition) is 1. The summed E-state index contributed by atoms with van der Waals surface area (Å²) < 4.78 is 0. The second kappa shape index (κ2) is 4.78. The minimum Gasteiger partial charge on any atom is -0.351 e. The van der Waals surface area contributed by atoms with E-state index in [4.69, 9.17) is 5.73 Å². The molecule has 3 nitrogen and oxygen atoms in total. The van der Waals surface area contributed by atoms with Crippen LogP contribution in [0.15, 0.2) is 18.2 Å². The SMILES string of the molecule is Cc1cc(C(C)(C)C)ccc1CN(C)C(N)=O. The summed E-state index contributed by atoms with van der Waals surface area (Å²) in [5.74, 6) is 0. The molecule has 1 aromatic carbocycles. The highest BCUT2D eigenvalue weighted by Gasteiger charge is 2.15. The van der Waals surface area contributed by atoms with Crippen LogP contribution in [0.1, 0.15) is 37.5 Å². The lowest BCUT2D eigenvalue weighted by Gasteiger charge is -2.22. The monoisotopic (exact) mass is 234 g/mol. The number of nitrogens with two attached hydrogens (primary N) is 1. The van der Waals surface area contributed by atoms with Crippen molar-refractivity contribution >= 4 is 6.03 Å². The predicted octanol–water partition coefficient (Wildman–Crippen LogP) is 2.80. The third-order valence-corrected chi connectivity index (χ3v) is 2.99. The van der Waals surface area contributed by atoms with E-state index >= 15 is 0 Å². The van der Waals surface area contributed by atoms with Crippen LogP contribution in [0.25, 0.3) is 0 Å². The van der Waals surface area contributed by atoms with E-state index in [9.17, 15) is 4.79 Å². The molecule has 1 aromatic rings. The Labute approximate surface area is 104 Å². The van der Waals surface area contributed by atoms with E-state index < -0.39 is 6.03 Å². The van der Waals surface area contributed by atoms with Crippen LogP contribution in [0.2, 0.25) is 0 Å². The highest BCUT2D eigenvalue weighted by molar-refractivity contribution is 5.71. The average molecular weight is 234 g/mol. The van der Waals surface area contributed by atoms with Gasteiger partial charge in [0.15, 0.2) is 0 Å². The molecular weight excluding hydrogens is 212 g/mol. The van der Waals surface area contributed by atoms with Crippen LogP contribution in [0, 0.1) is 6.92 Å². The van der Waals surface area contributed by atoms with E-state index in [1.54, 1.807) is 7.05 Å². The molecule has 2 amide bonds. The number of carbonyl (C=O) groups excluding carboxylic acids is 1. The Kier molecular flexibility index (Phi) is 3.81. The van der Waals surface area contributed by atoms with Crippen LogP contribution in [-0.4, -0.2) is 18.0 Å². The van der Waals surface area contributed by atoms with Gasteiger partial charge in [0.1, 0.15) is 0 Å². The normalized spacial score (nSPS) is 11.4. The largest absolute Gasteiger partial charge is 0.351 e. The van der Waals surface area contributed by atoms with Crippen LogP contribution in [0.5, 0.6) is 0 Å². The Hall–Kier alpha value is -1.51. The van der Waals surface area contributed by atoms with Crippen molar-refractivity contribution in [1.82, 2.24) is 4.90 Å². The number of rotatable bonds is 2. The lowest BCUT2D eigenvalue weighted by Crippen LogP contribution is -2.31. The number of urea groups is 1. The van der Waals surface area contributed by atoms with Crippen molar-refractivity contribution in [3.8, 4) is 0 Å². The molecule has 0 aliphatic carbocycles. The molecule has 0 unspecified atom stereocenters. The Morgan fingerprint density at radius 1 is 1.35 bits per heavy atom. The summed E-state index contributed by atoms with van der Waals surface area (Å²) in [7, 11) is 1.71. The first-order chi connectivity index (χ1) is 7.71. The lowest BCUT2D eigenvalue weighted by atomic mass is 9.85. The van der Waals surface area contributed by atoms with Crippen LogP contribution in [0.3, 0.4) is 0 Å². The molecule has 0 spiro atoms. The van der Waals surface area contributed by atoms with Gasteiger partial charge >= 0.3 is 6.03 Å². The zero-order chi connectivity index (χ0) is 13.2. The van der Waals surface area contributed by atoms with Crippen LogP contribution < -0.4 is 5.73 Å². The highest BCUT2D eigenvalue weighted by Crippen LogP contribution is 2.24. The Morgan fingerprint density at radius 3 is 2.35 bits per heavy atom. The quantitative estimate of drug-likeness (QED) is 0.840. The molecule has 0 aliphatic rings. The number of nitrogens with zero attached hydrogens (tertiary/aromatic N) is 1. The summed E-state index contributed by atoms with van der Waals surface area (Å²) >= 11 is 0. The fourth-order valence-electron chi connectivity index (χ4n) is 1.67. The summed E-state index contributed by atoms with van der Waals surface area (Å²) in [6, 6.07) is 5.99. The van der Waals surface area contributed by atoms with Gasteiger partial charge in [0.05, 0.1) is 0 Å². The summed E-state index contributed by atoms with van der Waals surface area (Å²) in [6.07, 6.45) is 0. The summed E-state index contributed by atoms with van der Waals surface area (Å²) in [4.78, 5) is 12.5. The Bertz CT molecular complexity index is 419. The fourth-order valence-corrected chi connectivity index (χ4v) is 1.67. The van der Waals surface area contributed by atoms with Crippen molar-refractivity contribution in [3.63, 3.8) is 0 Å². The molecule has 3 heteroatoms. The van der Waals surface area contributed by atoms with Gasteiger partial charge < -0.3 is 10.6 Å². The van der Waals surface area contributed by atoms with Gasteiger partial charge in [0.2, 0.25) is 0 Å². The zero-order valence-corrected chi connectivity index (χ0v) is 11.4. The molecule has 0 saturated carbocycles. The van der Waals surface area contributed by atoms with Gasteiger partial charge in [-0.15, -0.1) is 0 Å². The first-order valence-electron chi connectivity index (χ1n) is 5.82. The molecule has 0 heterocycles. The fraction of sp³-hybridized carbons (Fsp3) is 0.500. The van der Waals surface area contributed by atoms with Gasteiger partial charge in [-0.3, -0.25) is 0 Å². The number of aryl methyl sites for hydroxylation is 1. The standard InChI is InChI=1S/C14H22N2O/c1-10-8-12(14(2,3)4)7-6-11(10)9-16(5)13(15)17/h6-8H,9H2,1-5H3,(H2,15,17). The van der Waals surface area contributed by atoms with Gasteiger partial charge in [-0.05, 0) is 29.0 Å². The Balaban J connectivity index is 2.95. The second-order valence-electron chi connectivity index (χ2n) is 5.59. The molecule has 0 fully saturated rings. The van der Waals surface area contributed by atoms with Crippen LogP contribution in [0.4, 0.5) is 4.79 Å². The van der Waals surface area contributed by atoms with Crippen molar-refractivity contribution in [2.45, 2.75) is 39.7 Å². The minimum absolute atomic E-state index is 0.152. The second-order valence-corrected chi connectivity index (χ2v) is 5.59. The molecule has 0 aliphatic heterocycles. The molecule has 94 valence electrons. The van der Waals surface area contributed by atoms with E-state index in [2.05, 4.69) is 45.9 Å². The maximum Gasteiger partial charge on any atom is 0.314 e. The molecule has 0 saturated heterocycles. The smallest absolute Gasteiger partial charge is 0.314 e. The third kappa shape index (κ3) is 3.48. The molecule has 2 N–H and O–H groups in total. The van der Waals surface area contributed by atoms with Crippen LogP contribution >= 0.6 is 0 Å². The zero-order valence-electron chi connectivity index (χ0n) is 11.4. The van der Waals surface area contributed by atoms with Crippen molar-refractivity contribution < 1.29 is 4.79 Å². The summed E-state index contributed by atoms with van der Waals surface area (Å²) in [5.41, 5.74) is 9.02. The van der Waals surface area contributed by atoms with Crippen molar-refractivity contribution in [2.75, 3.05) is 7.05 Å². The molecule has 0 bridgehead atoms. The molecule has 0 radical (unpaired) electrons. The van der Waals surface area contributed by atoms with Gasteiger partial charge in [0, 0.05) is 13.6 Å². The predicted molar refractivity (Wildman–Crippen MR) is 70.9 cm³/mol. The van der Waals surface area contributed by atoms with Crippen molar-refractivity contribution in [1.29, 1.82) is 0 Å². The van der Waals surface area contributed by atoms with Gasteiger partial charge in [-0.1, -0.05) is 39.0 Å². The van der Waals surface area contributed by atoms with E-state index in [0.717, 1.165) is 5.56 Å². The maximum atomic E-state index is 11.0. The number of primary amides is 1. The van der Waals surface area contributed by atoms with E-state index in [0.29, 0.717) is 6.54 Å². The van der Waals surface area contributed by atoms with Crippen molar-refractivity contribution in [2.24, 2.45) is 5.73 Å². The highest BCUT2D eigenvalue weighted by atomic mass is 16.2.